The van der Waals surface area contributed by atoms with Gasteiger partial charge < -0.3 is 19.7 Å². The van der Waals surface area contributed by atoms with Gasteiger partial charge in [0.2, 0.25) is 0 Å². The first-order chi connectivity index (χ1) is 9.74. The third-order valence-electron chi connectivity index (χ3n) is 3.57. The van der Waals surface area contributed by atoms with Crippen LogP contribution in [0.4, 0.5) is 4.79 Å². The number of urea groups is 1. The number of carbonyl (C=O) groups is 1. The molecule has 0 aliphatic carbocycles. The molecule has 2 amide bonds. The van der Waals surface area contributed by atoms with Gasteiger partial charge in [0.15, 0.2) is 0 Å². The van der Waals surface area contributed by atoms with E-state index < -0.39 is 0 Å². The zero-order valence-corrected chi connectivity index (χ0v) is 12.1. The number of rotatable bonds is 4. The van der Waals surface area contributed by atoms with Crippen molar-refractivity contribution in [2.75, 3.05) is 27.3 Å². The van der Waals surface area contributed by atoms with Crippen LogP contribution in [0.2, 0.25) is 0 Å². The molecule has 0 spiro atoms. The van der Waals surface area contributed by atoms with Gasteiger partial charge in [0.25, 0.3) is 0 Å². The highest BCUT2D eigenvalue weighted by Crippen LogP contribution is 2.24. The standard InChI is InChI=1S/C15H22N2O3/c1-19-13-7-6-12(14(10-13)20-2)11-16-15(18)17-8-4-3-5-9-17/h6-7,10H,3-5,8-9,11H2,1-2H3,(H,16,18). The van der Waals surface area contributed by atoms with Crippen LogP contribution in [-0.2, 0) is 6.54 Å². The van der Waals surface area contributed by atoms with Crippen LogP contribution in [0.25, 0.3) is 0 Å². The molecule has 0 unspecified atom stereocenters. The number of nitrogens with one attached hydrogen (secondary N) is 1. The van der Waals surface area contributed by atoms with Crippen LogP contribution >= 0.6 is 0 Å². The molecule has 1 aromatic carbocycles. The Balaban J connectivity index is 1.94. The number of methoxy groups -OCH3 is 2. The van der Waals surface area contributed by atoms with Crippen molar-refractivity contribution in [1.82, 2.24) is 10.2 Å². The zero-order chi connectivity index (χ0) is 14.4. The molecular weight excluding hydrogens is 256 g/mol. The Morgan fingerprint density at radius 3 is 2.60 bits per heavy atom. The smallest absolute Gasteiger partial charge is 0.317 e. The average molecular weight is 278 g/mol. The normalized spacial score (nSPS) is 14.8. The van der Waals surface area contributed by atoms with Crippen molar-refractivity contribution in [2.45, 2.75) is 25.8 Å². The first kappa shape index (κ1) is 14.5. The molecular formula is C15H22N2O3. The van der Waals surface area contributed by atoms with Crippen molar-refractivity contribution in [2.24, 2.45) is 0 Å². The number of likely N-dealkylation sites (tertiary alicyclic amines) is 1. The molecule has 1 saturated heterocycles. The summed E-state index contributed by atoms with van der Waals surface area (Å²) in [5.74, 6) is 1.47. The lowest BCUT2D eigenvalue weighted by atomic mass is 10.1. The molecule has 20 heavy (non-hydrogen) atoms. The number of hydrogen-bond donors (Lipinski definition) is 1. The lowest BCUT2D eigenvalue weighted by Gasteiger charge is -2.27. The second-order valence-corrected chi connectivity index (χ2v) is 4.88. The maximum Gasteiger partial charge on any atom is 0.317 e. The van der Waals surface area contributed by atoms with E-state index >= 15 is 0 Å². The molecule has 1 heterocycles. The summed E-state index contributed by atoms with van der Waals surface area (Å²) in [6.07, 6.45) is 3.41. The summed E-state index contributed by atoms with van der Waals surface area (Å²) in [5.41, 5.74) is 0.943. The van der Waals surface area contributed by atoms with E-state index in [1.165, 1.54) is 6.42 Å². The average Bonchev–Trinajstić information content (AvgIpc) is 2.53. The van der Waals surface area contributed by atoms with Crippen LogP contribution in [0.3, 0.4) is 0 Å². The number of ether oxygens (including phenoxy) is 2. The zero-order valence-electron chi connectivity index (χ0n) is 12.1. The van der Waals surface area contributed by atoms with Crippen LogP contribution in [0.1, 0.15) is 24.8 Å². The van der Waals surface area contributed by atoms with Crippen LogP contribution in [0.15, 0.2) is 18.2 Å². The van der Waals surface area contributed by atoms with Gasteiger partial charge in [-0.15, -0.1) is 0 Å². The first-order valence-electron chi connectivity index (χ1n) is 6.98. The maximum atomic E-state index is 12.0. The molecule has 5 heteroatoms. The van der Waals surface area contributed by atoms with Gasteiger partial charge in [-0.25, -0.2) is 4.79 Å². The summed E-state index contributed by atoms with van der Waals surface area (Å²) in [5, 5.41) is 2.95. The monoisotopic (exact) mass is 278 g/mol. The molecule has 0 atom stereocenters. The van der Waals surface area contributed by atoms with E-state index in [1.54, 1.807) is 14.2 Å². The lowest BCUT2D eigenvalue weighted by molar-refractivity contribution is 0.186. The fourth-order valence-electron chi connectivity index (χ4n) is 2.38. The molecule has 0 bridgehead atoms. The quantitative estimate of drug-likeness (QED) is 0.920. The summed E-state index contributed by atoms with van der Waals surface area (Å²) in [6, 6.07) is 5.60. The molecule has 2 rings (SSSR count). The minimum absolute atomic E-state index is 0.00238. The van der Waals surface area contributed by atoms with Gasteiger partial charge in [0.1, 0.15) is 11.5 Å². The Morgan fingerprint density at radius 1 is 1.20 bits per heavy atom. The molecule has 5 nitrogen and oxygen atoms in total. The topological polar surface area (TPSA) is 50.8 Å². The second-order valence-electron chi connectivity index (χ2n) is 4.88. The van der Waals surface area contributed by atoms with E-state index in [9.17, 15) is 4.79 Å². The Morgan fingerprint density at radius 2 is 1.95 bits per heavy atom. The Labute approximate surface area is 119 Å². The van der Waals surface area contributed by atoms with Crippen molar-refractivity contribution in [3.05, 3.63) is 23.8 Å². The Hall–Kier alpha value is -1.91. The van der Waals surface area contributed by atoms with Crippen LogP contribution < -0.4 is 14.8 Å². The molecule has 1 fully saturated rings. The number of piperidine rings is 1. The predicted molar refractivity (Wildman–Crippen MR) is 77.2 cm³/mol. The summed E-state index contributed by atoms with van der Waals surface area (Å²) >= 11 is 0. The minimum atomic E-state index is 0.00238. The fraction of sp³-hybridized carbons (Fsp3) is 0.533. The van der Waals surface area contributed by atoms with Crippen LogP contribution in [0.5, 0.6) is 11.5 Å². The van der Waals surface area contributed by atoms with Crippen LogP contribution in [0, 0.1) is 0 Å². The predicted octanol–water partition coefficient (Wildman–Crippen LogP) is 2.40. The molecule has 0 aromatic heterocycles. The SMILES string of the molecule is COc1ccc(CNC(=O)N2CCCCC2)c(OC)c1. The van der Waals surface area contributed by atoms with E-state index in [-0.39, 0.29) is 6.03 Å². The van der Waals surface area contributed by atoms with Crippen molar-refractivity contribution in [3.8, 4) is 11.5 Å². The van der Waals surface area contributed by atoms with Gasteiger partial charge >= 0.3 is 6.03 Å². The number of nitrogens with zero attached hydrogens (tertiary/aromatic N) is 1. The number of carbonyl (C=O) groups excluding carboxylic acids is 1. The highest BCUT2D eigenvalue weighted by Gasteiger charge is 2.16. The fourth-order valence-corrected chi connectivity index (χ4v) is 2.38. The van der Waals surface area contributed by atoms with E-state index in [0.29, 0.717) is 6.54 Å². The summed E-state index contributed by atoms with van der Waals surface area (Å²) in [4.78, 5) is 13.9. The highest BCUT2D eigenvalue weighted by molar-refractivity contribution is 5.74. The third kappa shape index (κ3) is 3.56. The van der Waals surface area contributed by atoms with Gasteiger partial charge in [-0.05, 0) is 31.4 Å². The van der Waals surface area contributed by atoms with Gasteiger partial charge in [-0.2, -0.15) is 0 Å². The largest absolute Gasteiger partial charge is 0.497 e. The summed E-state index contributed by atoms with van der Waals surface area (Å²) < 4.78 is 10.5. The summed E-state index contributed by atoms with van der Waals surface area (Å²) in [7, 11) is 3.23. The van der Waals surface area contributed by atoms with E-state index in [1.807, 2.05) is 23.1 Å². The molecule has 0 saturated carbocycles. The number of hydrogen-bond acceptors (Lipinski definition) is 3. The summed E-state index contributed by atoms with van der Waals surface area (Å²) in [6.45, 7) is 2.17. The molecule has 1 N–H and O–H groups in total. The molecule has 1 aliphatic rings. The van der Waals surface area contributed by atoms with Gasteiger partial charge in [0, 0.05) is 31.3 Å². The maximum absolute atomic E-state index is 12.0. The molecule has 1 aliphatic heterocycles. The molecule has 0 radical (unpaired) electrons. The first-order valence-corrected chi connectivity index (χ1v) is 6.98. The third-order valence-corrected chi connectivity index (χ3v) is 3.57. The van der Waals surface area contributed by atoms with Crippen molar-refractivity contribution >= 4 is 6.03 Å². The number of benzene rings is 1. The molecule has 1 aromatic rings. The van der Waals surface area contributed by atoms with E-state index in [4.69, 9.17) is 9.47 Å². The van der Waals surface area contributed by atoms with E-state index in [2.05, 4.69) is 5.32 Å². The van der Waals surface area contributed by atoms with Gasteiger partial charge in [0.05, 0.1) is 14.2 Å². The number of amides is 2. The van der Waals surface area contributed by atoms with Crippen molar-refractivity contribution in [3.63, 3.8) is 0 Å². The van der Waals surface area contributed by atoms with Gasteiger partial charge in [-0.1, -0.05) is 0 Å². The lowest BCUT2D eigenvalue weighted by Crippen LogP contribution is -2.42. The highest BCUT2D eigenvalue weighted by atomic mass is 16.5. The minimum Gasteiger partial charge on any atom is -0.497 e. The van der Waals surface area contributed by atoms with Gasteiger partial charge in [-0.3, -0.25) is 0 Å². The Bertz CT molecular complexity index is 456. The van der Waals surface area contributed by atoms with Crippen molar-refractivity contribution in [1.29, 1.82) is 0 Å². The van der Waals surface area contributed by atoms with Crippen molar-refractivity contribution < 1.29 is 14.3 Å². The Kier molecular flexibility index (Phi) is 5.09. The van der Waals surface area contributed by atoms with E-state index in [0.717, 1.165) is 43.0 Å². The van der Waals surface area contributed by atoms with Crippen LogP contribution in [-0.4, -0.2) is 38.2 Å². The second kappa shape index (κ2) is 7.03. The molecule has 110 valence electrons.